The van der Waals surface area contributed by atoms with Gasteiger partial charge in [0.2, 0.25) is 0 Å². The van der Waals surface area contributed by atoms with Crippen LogP contribution in [0.4, 0.5) is 18.9 Å². The van der Waals surface area contributed by atoms with Gasteiger partial charge in [-0.25, -0.2) is 4.99 Å². The number of hydrogen-bond donors (Lipinski definition) is 2. The van der Waals surface area contributed by atoms with E-state index in [1.807, 2.05) is 0 Å². The first-order chi connectivity index (χ1) is 11.9. The van der Waals surface area contributed by atoms with Gasteiger partial charge in [0.05, 0.1) is 13.7 Å². The fourth-order valence-electron chi connectivity index (χ4n) is 1.96. The summed E-state index contributed by atoms with van der Waals surface area (Å²) in [4.78, 5) is 4.16. The van der Waals surface area contributed by atoms with Gasteiger partial charge < -0.3 is 20.5 Å². The Morgan fingerprint density at radius 2 is 1.84 bits per heavy atom. The Morgan fingerprint density at radius 3 is 2.56 bits per heavy atom. The van der Waals surface area contributed by atoms with E-state index in [0.717, 1.165) is 0 Å². The van der Waals surface area contributed by atoms with E-state index >= 15 is 0 Å². The van der Waals surface area contributed by atoms with E-state index in [-0.39, 0.29) is 18.3 Å². The highest BCUT2D eigenvalue weighted by molar-refractivity contribution is 5.92. The van der Waals surface area contributed by atoms with E-state index in [0.29, 0.717) is 17.0 Å². The molecule has 2 aromatic rings. The third-order valence-electron chi connectivity index (χ3n) is 3.08. The van der Waals surface area contributed by atoms with E-state index in [1.54, 1.807) is 43.5 Å². The molecule has 0 atom stereocenters. The Hall–Kier alpha value is -2.90. The number of anilines is 1. The Kier molecular flexibility index (Phi) is 6.10. The zero-order valence-corrected chi connectivity index (χ0v) is 13.5. The van der Waals surface area contributed by atoms with Gasteiger partial charge in [0.15, 0.2) is 12.6 Å². The SMILES string of the molecule is COc1cccc(NC(N)=NCc2cccc(OCC(F)(F)F)c2)c1. The lowest BCUT2D eigenvalue weighted by atomic mass is 10.2. The lowest BCUT2D eigenvalue weighted by Gasteiger charge is -2.10. The molecule has 0 saturated heterocycles. The first-order valence-corrected chi connectivity index (χ1v) is 7.35. The third-order valence-corrected chi connectivity index (χ3v) is 3.08. The van der Waals surface area contributed by atoms with E-state index in [1.165, 1.54) is 12.1 Å². The number of benzene rings is 2. The van der Waals surface area contributed by atoms with Crippen LogP contribution in [0.15, 0.2) is 53.5 Å². The van der Waals surface area contributed by atoms with Gasteiger partial charge in [-0.15, -0.1) is 0 Å². The minimum atomic E-state index is -4.38. The summed E-state index contributed by atoms with van der Waals surface area (Å²) in [5, 5.41) is 2.91. The lowest BCUT2D eigenvalue weighted by molar-refractivity contribution is -0.153. The van der Waals surface area contributed by atoms with Crippen LogP contribution in [-0.4, -0.2) is 25.9 Å². The molecule has 0 amide bonds. The van der Waals surface area contributed by atoms with Gasteiger partial charge in [-0.05, 0) is 29.8 Å². The monoisotopic (exact) mass is 353 g/mol. The lowest BCUT2D eigenvalue weighted by Crippen LogP contribution is -2.22. The second-order valence-corrected chi connectivity index (χ2v) is 5.11. The Balaban J connectivity index is 1.95. The van der Waals surface area contributed by atoms with Crippen molar-refractivity contribution in [2.45, 2.75) is 12.7 Å². The number of nitrogens with two attached hydrogens (primary N) is 1. The number of halogens is 3. The molecule has 134 valence electrons. The molecule has 0 aliphatic carbocycles. The van der Waals surface area contributed by atoms with Gasteiger partial charge in [-0.1, -0.05) is 18.2 Å². The first-order valence-electron chi connectivity index (χ1n) is 7.35. The molecule has 2 aromatic carbocycles. The number of nitrogens with one attached hydrogen (secondary N) is 1. The first kappa shape index (κ1) is 18.4. The fourth-order valence-corrected chi connectivity index (χ4v) is 1.96. The molecular weight excluding hydrogens is 335 g/mol. The van der Waals surface area contributed by atoms with Crippen LogP contribution in [0.5, 0.6) is 11.5 Å². The number of ether oxygens (including phenoxy) is 2. The smallest absolute Gasteiger partial charge is 0.422 e. The number of hydrogen-bond acceptors (Lipinski definition) is 3. The topological polar surface area (TPSA) is 68.9 Å². The van der Waals surface area contributed by atoms with Crippen molar-refractivity contribution in [2.75, 3.05) is 19.0 Å². The van der Waals surface area contributed by atoms with Gasteiger partial charge in [0.25, 0.3) is 0 Å². The van der Waals surface area contributed by atoms with Crippen molar-refractivity contribution in [3.63, 3.8) is 0 Å². The van der Waals surface area contributed by atoms with E-state index in [9.17, 15) is 13.2 Å². The molecular formula is C17H18F3N3O2. The second-order valence-electron chi connectivity index (χ2n) is 5.11. The number of alkyl halides is 3. The Bertz CT molecular complexity index is 733. The van der Waals surface area contributed by atoms with Crippen molar-refractivity contribution in [2.24, 2.45) is 10.7 Å². The third kappa shape index (κ3) is 6.62. The molecule has 0 radical (unpaired) electrons. The summed E-state index contributed by atoms with van der Waals surface area (Å²) in [6.45, 7) is -1.13. The molecule has 0 saturated carbocycles. The second kappa shape index (κ2) is 8.27. The highest BCUT2D eigenvalue weighted by Crippen LogP contribution is 2.20. The average molecular weight is 353 g/mol. The molecule has 8 heteroatoms. The van der Waals surface area contributed by atoms with Crippen molar-refractivity contribution in [3.05, 3.63) is 54.1 Å². The van der Waals surface area contributed by atoms with Crippen molar-refractivity contribution in [1.82, 2.24) is 0 Å². The zero-order chi connectivity index (χ0) is 18.3. The molecule has 0 aliphatic heterocycles. The number of aliphatic imine (C=N–C) groups is 1. The molecule has 25 heavy (non-hydrogen) atoms. The van der Waals surface area contributed by atoms with Crippen LogP contribution in [0.25, 0.3) is 0 Å². The quantitative estimate of drug-likeness (QED) is 0.615. The largest absolute Gasteiger partial charge is 0.497 e. The van der Waals surface area contributed by atoms with Gasteiger partial charge in [-0.2, -0.15) is 13.2 Å². The predicted octanol–water partition coefficient (Wildman–Crippen LogP) is 3.56. The highest BCUT2D eigenvalue weighted by atomic mass is 19.4. The van der Waals surface area contributed by atoms with Crippen LogP contribution in [0.1, 0.15) is 5.56 Å². The van der Waals surface area contributed by atoms with Gasteiger partial charge >= 0.3 is 6.18 Å². The maximum absolute atomic E-state index is 12.2. The molecule has 2 rings (SSSR count). The van der Waals surface area contributed by atoms with Crippen LogP contribution in [-0.2, 0) is 6.54 Å². The van der Waals surface area contributed by atoms with Gasteiger partial charge in [-0.3, -0.25) is 0 Å². The van der Waals surface area contributed by atoms with Crippen molar-refractivity contribution in [1.29, 1.82) is 0 Å². The van der Waals surface area contributed by atoms with E-state index in [4.69, 9.17) is 15.2 Å². The van der Waals surface area contributed by atoms with Crippen LogP contribution in [0.2, 0.25) is 0 Å². The summed E-state index contributed by atoms with van der Waals surface area (Å²) in [6, 6.07) is 13.4. The maximum Gasteiger partial charge on any atom is 0.422 e. The van der Waals surface area contributed by atoms with E-state index < -0.39 is 12.8 Å². The number of nitrogens with zero attached hydrogens (tertiary/aromatic N) is 1. The fraction of sp³-hybridized carbons (Fsp3) is 0.235. The van der Waals surface area contributed by atoms with Crippen LogP contribution in [0.3, 0.4) is 0 Å². The molecule has 0 spiro atoms. The molecule has 0 aliphatic rings. The van der Waals surface area contributed by atoms with Gasteiger partial charge in [0.1, 0.15) is 11.5 Å². The van der Waals surface area contributed by atoms with Crippen molar-refractivity contribution >= 4 is 11.6 Å². The Morgan fingerprint density at radius 1 is 1.12 bits per heavy atom. The normalized spacial score (nSPS) is 11.9. The van der Waals surface area contributed by atoms with E-state index in [2.05, 4.69) is 10.3 Å². The summed E-state index contributed by atoms with van der Waals surface area (Å²) in [7, 11) is 1.56. The van der Waals surface area contributed by atoms with Crippen LogP contribution in [0, 0.1) is 0 Å². The summed E-state index contributed by atoms with van der Waals surface area (Å²) < 4.78 is 46.3. The number of guanidine groups is 1. The highest BCUT2D eigenvalue weighted by Gasteiger charge is 2.28. The minimum absolute atomic E-state index is 0.129. The molecule has 0 heterocycles. The predicted molar refractivity (Wildman–Crippen MR) is 89.9 cm³/mol. The van der Waals surface area contributed by atoms with Crippen molar-refractivity contribution in [3.8, 4) is 11.5 Å². The maximum atomic E-state index is 12.2. The molecule has 0 aromatic heterocycles. The minimum Gasteiger partial charge on any atom is -0.497 e. The number of methoxy groups -OCH3 is 1. The van der Waals surface area contributed by atoms with Gasteiger partial charge in [0, 0.05) is 11.8 Å². The molecule has 0 bridgehead atoms. The molecule has 0 unspecified atom stereocenters. The number of rotatable bonds is 6. The van der Waals surface area contributed by atoms with Crippen LogP contribution < -0.4 is 20.5 Å². The summed E-state index contributed by atoms with van der Waals surface area (Å²) in [5.74, 6) is 0.978. The zero-order valence-electron chi connectivity index (χ0n) is 13.5. The Labute approximate surface area is 143 Å². The van der Waals surface area contributed by atoms with Crippen LogP contribution >= 0.6 is 0 Å². The van der Waals surface area contributed by atoms with Crippen molar-refractivity contribution < 1.29 is 22.6 Å². The molecule has 0 fully saturated rings. The molecule has 3 N–H and O–H groups in total. The summed E-state index contributed by atoms with van der Waals surface area (Å²) in [5.41, 5.74) is 7.20. The summed E-state index contributed by atoms with van der Waals surface area (Å²) >= 11 is 0. The molecule has 5 nitrogen and oxygen atoms in total. The standard InChI is InChI=1S/C17H18F3N3O2/c1-24-14-6-3-5-13(9-14)23-16(21)22-10-12-4-2-7-15(8-12)25-11-17(18,19)20/h2-9H,10-11H2,1H3,(H3,21,22,23). The average Bonchev–Trinajstić information content (AvgIpc) is 2.58. The summed E-state index contributed by atoms with van der Waals surface area (Å²) in [6.07, 6.45) is -4.38.